The number of thioether (sulfide) groups is 1. The normalized spacial score (nSPS) is 21.8. The summed E-state index contributed by atoms with van der Waals surface area (Å²) in [7, 11) is 0. The van der Waals surface area contributed by atoms with E-state index in [-0.39, 0.29) is 0 Å². The van der Waals surface area contributed by atoms with Crippen LogP contribution < -0.4 is 5.32 Å². The van der Waals surface area contributed by atoms with Crippen LogP contribution in [0.3, 0.4) is 0 Å². The second-order valence-electron chi connectivity index (χ2n) is 4.56. The molecule has 0 amide bonds. The van der Waals surface area contributed by atoms with Crippen molar-refractivity contribution in [2.24, 2.45) is 0 Å². The molecule has 1 atom stereocenters. The fourth-order valence-electron chi connectivity index (χ4n) is 2.12. The van der Waals surface area contributed by atoms with E-state index in [2.05, 4.69) is 36.3 Å². The summed E-state index contributed by atoms with van der Waals surface area (Å²) in [5.41, 5.74) is 2.45. The summed E-state index contributed by atoms with van der Waals surface area (Å²) in [5.74, 6) is 0. The van der Waals surface area contributed by atoms with Crippen LogP contribution in [0.2, 0.25) is 0 Å². The fraction of sp³-hybridized carbons (Fsp3) is 0.615. The van der Waals surface area contributed by atoms with Gasteiger partial charge in [0.25, 0.3) is 0 Å². The Balaban J connectivity index is 2.01. The molecule has 16 heavy (non-hydrogen) atoms. The molecule has 1 aromatic heterocycles. The Kier molecular flexibility index (Phi) is 4.24. The lowest BCUT2D eigenvalue weighted by atomic mass is 10.2. The monoisotopic (exact) mass is 236 g/mol. The molecular formula is C13H20N2S. The van der Waals surface area contributed by atoms with Gasteiger partial charge in [0.2, 0.25) is 0 Å². The minimum atomic E-state index is 0.691. The molecule has 0 aliphatic carbocycles. The molecule has 2 rings (SSSR count). The van der Waals surface area contributed by atoms with Gasteiger partial charge in [-0.2, -0.15) is 0 Å². The van der Waals surface area contributed by atoms with Crippen LogP contribution in [0, 0.1) is 13.8 Å². The third-order valence-corrected chi connectivity index (χ3v) is 4.05. The van der Waals surface area contributed by atoms with E-state index in [0.717, 1.165) is 12.2 Å². The lowest BCUT2D eigenvalue weighted by Crippen LogP contribution is -2.22. The van der Waals surface area contributed by atoms with Crippen molar-refractivity contribution in [2.45, 2.75) is 43.4 Å². The first-order chi connectivity index (χ1) is 7.74. The molecule has 0 spiro atoms. The molecule has 1 saturated heterocycles. The molecule has 1 aromatic rings. The van der Waals surface area contributed by atoms with E-state index in [1.807, 2.05) is 11.8 Å². The van der Waals surface area contributed by atoms with Gasteiger partial charge in [0.05, 0.1) is 5.03 Å². The third-order valence-electron chi connectivity index (χ3n) is 2.86. The molecule has 1 aliphatic heterocycles. The number of aryl methyl sites for hydroxylation is 2. The highest BCUT2D eigenvalue weighted by Gasteiger charge is 2.13. The third kappa shape index (κ3) is 3.49. The fourth-order valence-corrected chi connectivity index (χ4v) is 3.40. The van der Waals surface area contributed by atoms with Gasteiger partial charge < -0.3 is 5.32 Å². The van der Waals surface area contributed by atoms with Gasteiger partial charge in [-0.3, -0.25) is 0 Å². The van der Waals surface area contributed by atoms with E-state index >= 15 is 0 Å². The van der Waals surface area contributed by atoms with Gasteiger partial charge in [0, 0.05) is 17.5 Å². The smallest absolute Gasteiger partial charge is 0.0968 e. The van der Waals surface area contributed by atoms with Crippen LogP contribution >= 0.6 is 11.8 Å². The molecule has 2 heterocycles. The molecule has 0 aromatic carbocycles. The summed E-state index contributed by atoms with van der Waals surface area (Å²) >= 11 is 1.93. The number of rotatable bonds is 2. The second kappa shape index (κ2) is 5.69. The summed E-state index contributed by atoms with van der Waals surface area (Å²) in [6.07, 6.45) is 3.97. The average molecular weight is 236 g/mol. The van der Waals surface area contributed by atoms with E-state index in [1.54, 1.807) is 0 Å². The zero-order valence-corrected chi connectivity index (χ0v) is 10.9. The van der Waals surface area contributed by atoms with E-state index in [9.17, 15) is 0 Å². The maximum absolute atomic E-state index is 4.59. The van der Waals surface area contributed by atoms with Crippen molar-refractivity contribution < 1.29 is 0 Å². The zero-order valence-electron chi connectivity index (χ0n) is 10.1. The van der Waals surface area contributed by atoms with Crippen molar-refractivity contribution in [3.8, 4) is 0 Å². The van der Waals surface area contributed by atoms with Crippen LogP contribution in [-0.4, -0.2) is 23.3 Å². The van der Waals surface area contributed by atoms with Crippen molar-refractivity contribution >= 4 is 11.8 Å². The predicted molar refractivity (Wildman–Crippen MR) is 70.1 cm³/mol. The van der Waals surface area contributed by atoms with Crippen molar-refractivity contribution in [1.29, 1.82) is 0 Å². The maximum atomic E-state index is 4.59. The van der Waals surface area contributed by atoms with Gasteiger partial charge in [0.15, 0.2) is 0 Å². The molecule has 2 nitrogen and oxygen atoms in total. The number of hydrogen-bond acceptors (Lipinski definition) is 3. The number of aromatic nitrogens is 1. The van der Waals surface area contributed by atoms with Crippen LogP contribution in [0.15, 0.2) is 17.2 Å². The van der Waals surface area contributed by atoms with E-state index in [4.69, 9.17) is 0 Å². The minimum Gasteiger partial charge on any atom is -0.316 e. The molecule has 0 radical (unpaired) electrons. The molecule has 3 heteroatoms. The van der Waals surface area contributed by atoms with Gasteiger partial charge in [-0.05, 0) is 50.9 Å². The largest absolute Gasteiger partial charge is 0.316 e. The Morgan fingerprint density at radius 3 is 3.00 bits per heavy atom. The summed E-state index contributed by atoms with van der Waals surface area (Å²) in [5, 5.41) is 5.38. The van der Waals surface area contributed by atoms with Gasteiger partial charge in [-0.25, -0.2) is 4.98 Å². The maximum Gasteiger partial charge on any atom is 0.0968 e. The summed E-state index contributed by atoms with van der Waals surface area (Å²) in [6.45, 7) is 6.52. The van der Waals surface area contributed by atoms with Gasteiger partial charge in [-0.15, -0.1) is 11.8 Å². The molecule has 0 bridgehead atoms. The second-order valence-corrected chi connectivity index (χ2v) is 5.88. The Labute approximate surface area is 102 Å². The van der Waals surface area contributed by atoms with Crippen molar-refractivity contribution in [3.05, 3.63) is 23.4 Å². The molecule has 0 saturated carbocycles. The number of hydrogen-bond donors (Lipinski definition) is 1. The minimum absolute atomic E-state index is 0.691. The molecule has 1 fully saturated rings. The Morgan fingerprint density at radius 1 is 1.31 bits per heavy atom. The lowest BCUT2D eigenvalue weighted by Gasteiger charge is -2.13. The zero-order chi connectivity index (χ0) is 11.4. The van der Waals surface area contributed by atoms with Crippen LogP contribution in [-0.2, 0) is 0 Å². The van der Waals surface area contributed by atoms with Gasteiger partial charge in [0.1, 0.15) is 0 Å². The Hall–Kier alpha value is -0.540. The van der Waals surface area contributed by atoms with Crippen molar-refractivity contribution in [3.63, 3.8) is 0 Å². The number of pyridine rings is 1. The highest BCUT2D eigenvalue weighted by atomic mass is 32.2. The topological polar surface area (TPSA) is 24.9 Å². The first-order valence-corrected chi connectivity index (χ1v) is 6.94. The van der Waals surface area contributed by atoms with Gasteiger partial charge >= 0.3 is 0 Å². The standard InChI is InChI=1S/C13H20N2S/c1-10-7-11(2)15-13(8-10)16-12-5-3-4-6-14-9-12/h7-8,12,14H,3-6,9H2,1-2H3. The summed E-state index contributed by atoms with van der Waals surface area (Å²) in [4.78, 5) is 4.59. The Bertz CT molecular complexity index is 324. The number of nitrogens with one attached hydrogen (secondary N) is 1. The van der Waals surface area contributed by atoms with Crippen LogP contribution in [0.5, 0.6) is 0 Å². The Morgan fingerprint density at radius 2 is 2.19 bits per heavy atom. The highest BCUT2D eigenvalue weighted by Crippen LogP contribution is 2.26. The first-order valence-electron chi connectivity index (χ1n) is 6.07. The van der Waals surface area contributed by atoms with Crippen LogP contribution in [0.1, 0.15) is 30.5 Å². The summed E-state index contributed by atoms with van der Waals surface area (Å²) in [6, 6.07) is 4.33. The number of nitrogens with zero attached hydrogens (tertiary/aromatic N) is 1. The average Bonchev–Trinajstić information content (AvgIpc) is 2.44. The van der Waals surface area contributed by atoms with Crippen molar-refractivity contribution in [1.82, 2.24) is 10.3 Å². The highest BCUT2D eigenvalue weighted by molar-refractivity contribution is 7.99. The van der Waals surface area contributed by atoms with E-state index < -0.39 is 0 Å². The molecule has 88 valence electrons. The van der Waals surface area contributed by atoms with E-state index in [0.29, 0.717) is 5.25 Å². The van der Waals surface area contributed by atoms with Crippen LogP contribution in [0.25, 0.3) is 0 Å². The molecular weight excluding hydrogens is 216 g/mol. The molecule has 1 N–H and O–H groups in total. The summed E-state index contributed by atoms with van der Waals surface area (Å²) < 4.78 is 0. The molecule has 1 unspecified atom stereocenters. The van der Waals surface area contributed by atoms with Crippen molar-refractivity contribution in [2.75, 3.05) is 13.1 Å². The van der Waals surface area contributed by atoms with Gasteiger partial charge in [-0.1, -0.05) is 6.42 Å². The lowest BCUT2D eigenvalue weighted by molar-refractivity contribution is 0.706. The first kappa shape index (κ1) is 11.9. The molecule has 1 aliphatic rings. The predicted octanol–water partition coefficient (Wildman–Crippen LogP) is 2.93. The SMILES string of the molecule is Cc1cc(C)nc(SC2CCCCNC2)c1. The quantitative estimate of drug-likeness (QED) is 0.854. The van der Waals surface area contributed by atoms with E-state index in [1.165, 1.54) is 36.4 Å². The van der Waals surface area contributed by atoms with Crippen LogP contribution in [0.4, 0.5) is 0 Å².